The lowest BCUT2D eigenvalue weighted by atomic mass is 9.95. The van der Waals surface area contributed by atoms with Gasteiger partial charge in [-0.2, -0.15) is 8.78 Å². The van der Waals surface area contributed by atoms with E-state index in [1.165, 1.54) is 12.1 Å². The Morgan fingerprint density at radius 2 is 2.16 bits per heavy atom. The van der Waals surface area contributed by atoms with Crippen molar-refractivity contribution < 1.29 is 27.3 Å². The summed E-state index contributed by atoms with van der Waals surface area (Å²) >= 11 is 6.21. The fourth-order valence-corrected chi connectivity index (χ4v) is 6.50. The molecule has 2 aliphatic heterocycles. The number of alkyl halides is 2. The van der Waals surface area contributed by atoms with Gasteiger partial charge in [-0.3, -0.25) is 9.00 Å². The first-order valence-electron chi connectivity index (χ1n) is 9.73. The van der Waals surface area contributed by atoms with Gasteiger partial charge < -0.3 is 14.0 Å². The van der Waals surface area contributed by atoms with E-state index >= 15 is 0 Å². The zero-order chi connectivity index (χ0) is 21.9. The Morgan fingerprint density at radius 1 is 1.35 bits per heavy atom. The van der Waals surface area contributed by atoms with Gasteiger partial charge in [-0.05, 0) is 43.7 Å². The van der Waals surface area contributed by atoms with Crippen molar-refractivity contribution in [1.29, 1.82) is 0 Å². The first-order chi connectivity index (χ1) is 14.9. The summed E-state index contributed by atoms with van der Waals surface area (Å²) in [5.41, 5.74) is 1.73. The second-order valence-corrected chi connectivity index (χ2v) is 9.33. The first-order valence-corrected chi connectivity index (χ1v) is 11.3. The maximum Gasteiger partial charge on any atom is 0.387 e. The van der Waals surface area contributed by atoms with E-state index in [1.807, 2.05) is 4.57 Å². The Bertz CT molecular complexity index is 1230. The number of hydrogen-bond acceptors (Lipinski definition) is 5. The van der Waals surface area contributed by atoms with Crippen LogP contribution in [0.25, 0.3) is 11.0 Å². The molecular formula is C21H17ClF2N2O4S. The minimum absolute atomic E-state index is 0.0640. The van der Waals surface area contributed by atoms with Crippen molar-refractivity contribution in [3.8, 4) is 5.75 Å². The lowest BCUT2D eigenvalue weighted by molar-refractivity contribution is -0.143. The van der Waals surface area contributed by atoms with Crippen LogP contribution in [0.15, 0.2) is 41.3 Å². The molecule has 0 N–H and O–H groups in total. The number of imidazole rings is 1. The fraction of sp³-hybridized carbons (Fsp3) is 0.333. The molecule has 2 bridgehead atoms. The fourth-order valence-electron chi connectivity index (χ4n) is 4.62. The molecule has 0 amide bonds. The molecule has 3 heterocycles. The van der Waals surface area contributed by atoms with Gasteiger partial charge in [-0.15, -0.1) is 0 Å². The molecule has 1 aromatic heterocycles. The summed E-state index contributed by atoms with van der Waals surface area (Å²) < 4.78 is 51.8. The van der Waals surface area contributed by atoms with E-state index in [9.17, 15) is 17.8 Å². The van der Waals surface area contributed by atoms with Crippen LogP contribution in [0.5, 0.6) is 5.75 Å². The van der Waals surface area contributed by atoms with Crippen LogP contribution in [-0.4, -0.2) is 38.2 Å². The molecule has 2 unspecified atom stereocenters. The van der Waals surface area contributed by atoms with E-state index in [4.69, 9.17) is 21.1 Å². The molecule has 2 aliphatic rings. The molecule has 5 rings (SSSR count). The summed E-state index contributed by atoms with van der Waals surface area (Å²) in [6.07, 6.45) is 0.358. The van der Waals surface area contributed by atoms with Gasteiger partial charge in [-0.25, -0.2) is 4.98 Å². The molecule has 0 saturated heterocycles. The number of halogens is 3. The Morgan fingerprint density at radius 3 is 2.90 bits per heavy atom. The molecule has 10 heteroatoms. The summed E-state index contributed by atoms with van der Waals surface area (Å²) in [4.78, 5) is 17.8. The molecule has 2 aromatic carbocycles. The summed E-state index contributed by atoms with van der Waals surface area (Å²) in [7, 11) is -1.84. The summed E-state index contributed by atoms with van der Waals surface area (Å²) in [5.74, 6) is -0.615. The van der Waals surface area contributed by atoms with Crippen LogP contribution in [0.3, 0.4) is 0 Å². The average Bonchev–Trinajstić information content (AvgIpc) is 3.21. The highest BCUT2D eigenvalue weighted by Gasteiger charge is 2.50. The van der Waals surface area contributed by atoms with Gasteiger partial charge in [0.25, 0.3) is 0 Å². The number of ether oxygens (including phenoxy) is 2. The van der Waals surface area contributed by atoms with Crippen LogP contribution in [0.4, 0.5) is 8.78 Å². The second kappa shape index (κ2) is 7.56. The summed E-state index contributed by atoms with van der Waals surface area (Å²) in [6.45, 7) is -1.24. The molecular weight excluding hydrogens is 450 g/mol. The number of fused-ring (bicyclic) bond motifs is 9. The predicted octanol–water partition coefficient (Wildman–Crippen LogP) is 4.42. The van der Waals surface area contributed by atoms with Crippen LogP contribution < -0.4 is 4.74 Å². The molecule has 4 atom stereocenters. The molecule has 3 aromatic rings. The SMILES string of the molecule is CCOC(=O)C1[C@@H]2C[C@@H](c3c(OC(F)F)cccc3S1=O)n1c2nc2ccc(Cl)cc21. The molecule has 6 nitrogen and oxygen atoms in total. The molecule has 0 spiro atoms. The predicted molar refractivity (Wildman–Crippen MR) is 110 cm³/mol. The number of rotatable bonds is 4. The highest BCUT2D eigenvalue weighted by molar-refractivity contribution is 7.86. The topological polar surface area (TPSA) is 70.4 Å². The van der Waals surface area contributed by atoms with Crippen molar-refractivity contribution in [2.75, 3.05) is 6.61 Å². The van der Waals surface area contributed by atoms with Gasteiger partial charge in [0.2, 0.25) is 0 Å². The molecule has 0 aliphatic carbocycles. The minimum Gasteiger partial charge on any atom is -0.465 e. The van der Waals surface area contributed by atoms with Gasteiger partial charge in [0.05, 0.1) is 34.5 Å². The van der Waals surface area contributed by atoms with Gasteiger partial charge in [0.1, 0.15) is 16.8 Å². The Hall–Kier alpha value is -2.52. The van der Waals surface area contributed by atoms with Crippen LogP contribution in [0, 0.1) is 0 Å². The number of carbonyl (C=O) groups excluding carboxylic acids is 1. The minimum atomic E-state index is -3.05. The van der Waals surface area contributed by atoms with Crippen LogP contribution in [0.2, 0.25) is 5.02 Å². The van der Waals surface area contributed by atoms with Crippen molar-refractivity contribution >= 4 is 39.4 Å². The van der Waals surface area contributed by atoms with E-state index < -0.39 is 40.6 Å². The van der Waals surface area contributed by atoms with E-state index in [1.54, 1.807) is 31.2 Å². The van der Waals surface area contributed by atoms with Crippen LogP contribution >= 0.6 is 11.6 Å². The van der Waals surface area contributed by atoms with Gasteiger partial charge in [0.15, 0.2) is 0 Å². The van der Waals surface area contributed by atoms with Gasteiger partial charge in [-0.1, -0.05) is 17.7 Å². The van der Waals surface area contributed by atoms with Crippen molar-refractivity contribution in [3.63, 3.8) is 0 Å². The normalized spacial score (nSPS) is 24.0. The average molecular weight is 467 g/mol. The zero-order valence-electron chi connectivity index (χ0n) is 16.3. The number of nitrogens with zero attached hydrogens (tertiary/aromatic N) is 2. The van der Waals surface area contributed by atoms with Crippen molar-refractivity contribution in [2.24, 2.45) is 0 Å². The number of hydrogen-bond donors (Lipinski definition) is 0. The Kier molecular flexibility index (Phi) is 4.97. The molecule has 31 heavy (non-hydrogen) atoms. The van der Waals surface area contributed by atoms with Crippen molar-refractivity contribution in [2.45, 2.75) is 42.1 Å². The Balaban J connectivity index is 1.81. The molecule has 0 saturated carbocycles. The molecule has 0 fully saturated rings. The van der Waals surface area contributed by atoms with Gasteiger partial charge in [0, 0.05) is 21.4 Å². The lowest BCUT2D eigenvalue weighted by Gasteiger charge is -2.23. The largest absolute Gasteiger partial charge is 0.465 e. The van der Waals surface area contributed by atoms with E-state index in [-0.39, 0.29) is 12.4 Å². The van der Waals surface area contributed by atoms with Crippen molar-refractivity contribution in [1.82, 2.24) is 9.55 Å². The number of carbonyl (C=O) groups is 1. The van der Waals surface area contributed by atoms with E-state index in [2.05, 4.69) is 4.98 Å². The van der Waals surface area contributed by atoms with Crippen molar-refractivity contribution in [3.05, 3.63) is 52.8 Å². The second-order valence-electron chi connectivity index (χ2n) is 7.35. The third kappa shape index (κ3) is 3.13. The smallest absolute Gasteiger partial charge is 0.387 e. The Labute approximate surface area is 183 Å². The van der Waals surface area contributed by atoms with Crippen LogP contribution in [0.1, 0.15) is 36.7 Å². The maximum absolute atomic E-state index is 13.6. The third-order valence-corrected chi connectivity index (χ3v) is 7.71. The van der Waals surface area contributed by atoms with Crippen LogP contribution in [-0.2, 0) is 20.3 Å². The number of esters is 1. The quantitative estimate of drug-likeness (QED) is 0.532. The highest BCUT2D eigenvalue weighted by atomic mass is 35.5. The maximum atomic E-state index is 13.6. The number of benzene rings is 2. The lowest BCUT2D eigenvalue weighted by Crippen LogP contribution is -2.34. The van der Waals surface area contributed by atoms with E-state index in [0.29, 0.717) is 38.8 Å². The first kappa shape index (κ1) is 20.4. The standard InChI is InChI=1S/C21H17ClF2N2O4S/c1-2-29-20(27)18-11-9-14(26-13-8-10(22)6-7-12(13)25-19(11)26)17-15(30-21(23)24)4-3-5-16(17)31(18)28/h3-8,11,14,18,21H,2,9H2,1H3/t11-,14-,18?,31?/m0/s1. The third-order valence-electron chi connectivity index (χ3n) is 5.71. The molecule has 0 radical (unpaired) electrons. The highest BCUT2D eigenvalue weighted by Crippen LogP contribution is 2.52. The van der Waals surface area contributed by atoms with E-state index in [0.717, 1.165) is 0 Å². The van der Waals surface area contributed by atoms with Gasteiger partial charge >= 0.3 is 12.6 Å². The summed E-state index contributed by atoms with van der Waals surface area (Å²) in [6, 6.07) is 9.23. The number of aromatic nitrogens is 2. The molecule has 162 valence electrons. The monoisotopic (exact) mass is 466 g/mol. The summed E-state index contributed by atoms with van der Waals surface area (Å²) in [5, 5.41) is -0.517. The zero-order valence-corrected chi connectivity index (χ0v) is 17.8.